The molecular formula is C16H23NO2. The number of aryl methyl sites for hydroxylation is 1. The zero-order valence-corrected chi connectivity index (χ0v) is 12.7. The Kier molecular flexibility index (Phi) is 8.18. The van der Waals surface area contributed by atoms with Crippen molar-refractivity contribution < 1.29 is 9.53 Å². The standard InChI is InChI=1S/C12H11NO2.2C2H6/c1-8-4-3-5-9-6-11(12(14)15-2)13-7-10(8)9;2*1-2/h3-7H,1-2H3;2*1-2H3. The van der Waals surface area contributed by atoms with E-state index in [1.165, 1.54) is 7.11 Å². The Hall–Kier alpha value is -1.90. The Morgan fingerprint density at radius 3 is 2.37 bits per heavy atom. The van der Waals surface area contributed by atoms with Crippen LogP contribution in [0.15, 0.2) is 30.5 Å². The predicted molar refractivity (Wildman–Crippen MR) is 80.5 cm³/mol. The fraction of sp³-hybridized carbons (Fsp3) is 0.375. The lowest BCUT2D eigenvalue weighted by Crippen LogP contribution is -2.03. The van der Waals surface area contributed by atoms with E-state index in [4.69, 9.17) is 0 Å². The molecule has 0 N–H and O–H groups in total. The van der Waals surface area contributed by atoms with Crippen molar-refractivity contribution in [3.05, 3.63) is 41.7 Å². The number of hydrogen-bond donors (Lipinski definition) is 0. The van der Waals surface area contributed by atoms with Gasteiger partial charge in [0.2, 0.25) is 0 Å². The Morgan fingerprint density at radius 2 is 1.79 bits per heavy atom. The van der Waals surface area contributed by atoms with Gasteiger partial charge in [0, 0.05) is 11.6 Å². The number of ether oxygens (including phenoxy) is 1. The summed E-state index contributed by atoms with van der Waals surface area (Å²) >= 11 is 0. The van der Waals surface area contributed by atoms with Crippen LogP contribution in [0.25, 0.3) is 10.8 Å². The number of hydrogen-bond acceptors (Lipinski definition) is 3. The molecule has 1 aromatic heterocycles. The van der Waals surface area contributed by atoms with Gasteiger partial charge in [-0.05, 0) is 23.9 Å². The molecule has 0 spiro atoms. The lowest BCUT2D eigenvalue weighted by molar-refractivity contribution is 0.0594. The number of carbonyl (C=O) groups is 1. The van der Waals surface area contributed by atoms with Crippen molar-refractivity contribution in [1.82, 2.24) is 4.98 Å². The van der Waals surface area contributed by atoms with Crippen LogP contribution in [-0.4, -0.2) is 18.1 Å². The monoisotopic (exact) mass is 261 g/mol. The quantitative estimate of drug-likeness (QED) is 0.715. The lowest BCUT2D eigenvalue weighted by atomic mass is 10.1. The van der Waals surface area contributed by atoms with Crippen molar-refractivity contribution in [2.24, 2.45) is 0 Å². The Bertz CT molecular complexity index is 521. The highest BCUT2D eigenvalue weighted by Gasteiger charge is 2.07. The smallest absolute Gasteiger partial charge is 0.356 e. The van der Waals surface area contributed by atoms with Crippen LogP contribution in [0.2, 0.25) is 0 Å². The van der Waals surface area contributed by atoms with Crippen LogP contribution in [-0.2, 0) is 4.74 Å². The molecule has 3 nitrogen and oxygen atoms in total. The third-order valence-corrected chi connectivity index (χ3v) is 2.38. The topological polar surface area (TPSA) is 39.2 Å². The highest BCUT2D eigenvalue weighted by atomic mass is 16.5. The molecule has 0 amide bonds. The van der Waals surface area contributed by atoms with E-state index in [2.05, 4.69) is 9.72 Å². The summed E-state index contributed by atoms with van der Waals surface area (Å²) in [7, 11) is 1.35. The third-order valence-electron chi connectivity index (χ3n) is 2.38. The highest BCUT2D eigenvalue weighted by Crippen LogP contribution is 2.17. The second-order valence-corrected chi connectivity index (χ2v) is 3.36. The molecule has 1 aromatic carbocycles. The van der Waals surface area contributed by atoms with Gasteiger partial charge in [-0.25, -0.2) is 9.78 Å². The molecule has 2 aromatic rings. The molecular weight excluding hydrogens is 238 g/mol. The Balaban J connectivity index is 0.000000741. The molecule has 19 heavy (non-hydrogen) atoms. The Labute approximate surface area is 115 Å². The summed E-state index contributed by atoms with van der Waals surface area (Å²) in [6.45, 7) is 10.0. The molecule has 2 rings (SSSR count). The minimum atomic E-state index is -0.404. The maximum atomic E-state index is 11.3. The molecule has 0 aliphatic carbocycles. The second kappa shape index (κ2) is 9.09. The van der Waals surface area contributed by atoms with Crippen LogP contribution in [0, 0.1) is 6.92 Å². The molecule has 0 unspecified atom stereocenters. The molecule has 0 aliphatic heterocycles. The normalized spacial score (nSPS) is 8.74. The number of methoxy groups -OCH3 is 1. The number of rotatable bonds is 1. The van der Waals surface area contributed by atoms with E-state index in [0.717, 1.165) is 16.3 Å². The number of nitrogens with zero attached hydrogens (tertiary/aromatic N) is 1. The van der Waals surface area contributed by atoms with E-state index in [1.807, 2.05) is 52.8 Å². The molecule has 0 bridgehead atoms. The first-order valence-electron chi connectivity index (χ1n) is 6.66. The first-order chi connectivity index (χ1) is 9.22. The van der Waals surface area contributed by atoms with Gasteiger partial charge in [0.25, 0.3) is 0 Å². The van der Waals surface area contributed by atoms with Gasteiger partial charge in [0.05, 0.1) is 7.11 Å². The SMILES string of the molecule is CC.CC.COC(=O)c1cc2cccc(C)c2cn1. The fourth-order valence-electron chi connectivity index (χ4n) is 1.54. The van der Waals surface area contributed by atoms with Crippen molar-refractivity contribution in [1.29, 1.82) is 0 Å². The van der Waals surface area contributed by atoms with Crippen LogP contribution < -0.4 is 0 Å². The highest BCUT2D eigenvalue weighted by molar-refractivity contribution is 5.93. The van der Waals surface area contributed by atoms with Crippen LogP contribution in [0.5, 0.6) is 0 Å². The summed E-state index contributed by atoms with van der Waals surface area (Å²) in [4.78, 5) is 15.3. The van der Waals surface area contributed by atoms with Crippen molar-refractivity contribution in [3.63, 3.8) is 0 Å². The van der Waals surface area contributed by atoms with Crippen molar-refractivity contribution in [3.8, 4) is 0 Å². The summed E-state index contributed by atoms with van der Waals surface area (Å²) in [6.07, 6.45) is 1.71. The minimum absolute atomic E-state index is 0.343. The molecule has 0 aliphatic rings. The molecule has 3 heteroatoms. The first-order valence-corrected chi connectivity index (χ1v) is 6.66. The summed E-state index contributed by atoms with van der Waals surface area (Å²) in [5.74, 6) is -0.404. The maximum Gasteiger partial charge on any atom is 0.356 e. The first kappa shape index (κ1) is 17.1. The second-order valence-electron chi connectivity index (χ2n) is 3.36. The largest absolute Gasteiger partial charge is 0.464 e. The van der Waals surface area contributed by atoms with E-state index in [-0.39, 0.29) is 0 Å². The van der Waals surface area contributed by atoms with Crippen LogP contribution in [0.4, 0.5) is 0 Å². The van der Waals surface area contributed by atoms with Crippen LogP contribution >= 0.6 is 0 Å². The van der Waals surface area contributed by atoms with Gasteiger partial charge in [0.15, 0.2) is 0 Å². The van der Waals surface area contributed by atoms with Gasteiger partial charge in [-0.1, -0.05) is 45.9 Å². The lowest BCUT2D eigenvalue weighted by Gasteiger charge is -2.03. The van der Waals surface area contributed by atoms with E-state index in [0.29, 0.717) is 5.69 Å². The van der Waals surface area contributed by atoms with Gasteiger partial charge < -0.3 is 4.74 Å². The van der Waals surface area contributed by atoms with Gasteiger partial charge in [0.1, 0.15) is 5.69 Å². The number of carbonyl (C=O) groups excluding carboxylic acids is 1. The minimum Gasteiger partial charge on any atom is -0.464 e. The zero-order valence-electron chi connectivity index (χ0n) is 12.7. The van der Waals surface area contributed by atoms with Gasteiger partial charge in [-0.3, -0.25) is 0 Å². The average molecular weight is 261 g/mol. The summed E-state index contributed by atoms with van der Waals surface area (Å²) in [5, 5.41) is 2.07. The van der Waals surface area contributed by atoms with E-state index in [1.54, 1.807) is 12.3 Å². The third kappa shape index (κ3) is 4.36. The summed E-state index contributed by atoms with van der Waals surface area (Å²) < 4.78 is 4.61. The fourth-order valence-corrected chi connectivity index (χ4v) is 1.54. The molecule has 0 saturated heterocycles. The Morgan fingerprint density at radius 1 is 1.16 bits per heavy atom. The van der Waals surface area contributed by atoms with Crippen molar-refractivity contribution >= 4 is 16.7 Å². The van der Waals surface area contributed by atoms with Gasteiger partial charge in [-0.15, -0.1) is 0 Å². The van der Waals surface area contributed by atoms with Gasteiger partial charge in [-0.2, -0.15) is 0 Å². The summed E-state index contributed by atoms with van der Waals surface area (Å²) in [5.41, 5.74) is 1.49. The van der Waals surface area contributed by atoms with E-state index >= 15 is 0 Å². The van der Waals surface area contributed by atoms with Crippen molar-refractivity contribution in [2.75, 3.05) is 7.11 Å². The number of fused-ring (bicyclic) bond motifs is 1. The van der Waals surface area contributed by atoms with Crippen LogP contribution in [0.3, 0.4) is 0 Å². The molecule has 1 heterocycles. The van der Waals surface area contributed by atoms with E-state index < -0.39 is 5.97 Å². The number of pyridine rings is 1. The molecule has 0 saturated carbocycles. The summed E-state index contributed by atoms with van der Waals surface area (Å²) in [6, 6.07) is 7.67. The number of esters is 1. The average Bonchev–Trinajstić information content (AvgIpc) is 2.50. The molecule has 104 valence electrons. The number of aromatic nitrogens is 1. The van der Waals surface area contributed by atoms with Gasteiger partial charge >= 0.3 is 5.97 Å². The molecule has 0 radical (unpaired) electrons. The zero-order chi connectivity index (χ0) is 14.8. The predicted octanol–water partition coefficient (Wildman–Crippen LogP) is 4.38. The number of benzene rings is 1. The molecule has 0 fully saturated rings. The van der Waals surface area contributed by atoms with E-state index in [9.17, 15) is 4.79 Å². The maximum absolute atomic E-state index is 11.3. The van der Waals surface area contributed by atoms with Crippen LogP contribution in [0.1, 0.15) is 43.7 Å². The van der Waals surface area contributed by atoms with Crippen molar-refractivity contribution in [2.45, 2.75) is 34.6 Å². The molecule has 0 atom stereocenters.